The van der Waals surface area contributed by atoms with Crippen LogP contribution in [0.15, 0.2) is 60.7 Å². The second-order valence-corrected chi connectivity index (χ2v) is 9.42. The predicted octanol–water partition coefficient (Wildman–Crippen LogP) is 4.58. The number of amides is 1. The van der Waals surface area contributed by atoms with Gasteiger partial charge in [-0.2, -0.15) is 5.10 Å². The lowest BCUT2D eigenvalue weighted by Crippen LogP contribution is -2.38. The van der Waals surface area contributed by atoms with Crippen molar-refractivity contribution in [2.45, 2.75) is 39.5 Å². The highest BCUT2D eigenvalue weighted by molar-refractivity contribution is 5.91. The van der Waals surface area contributed by atoms with Crippen molar-refractivity contribution in [3.8, 4) is 11.4 Å². The third kappa shape index (κ3) is 5.58. The van der Waals surface area contributed by atoms with E-state index in [2.05, 4.69) is 11.8 Å². The lowest BCUT2D eigenvalue weighted by molar-refractivity contribution is -0.133. The summed E-state index contributed by atoms with van der Waals surface area (Å²) in [5, 5.41) is 5.85. The van der Waals surface area contributed by atoms with Crippen molar-refractivity contribution in [1.29, 1.82) is 0 Å². The number of aromatic nitrogens is 4. The first-order chi connectivity index (χ1) is 18.1. The SMILES string of the molecule is CCCCc1nc(N2CCCN(C(=O)COc3ccccc3)CC2)c2c(C)nn(-c3ccccc3)c2n1. The van der Waals surface area contributed by atoms with Gasteiger partial charge in [-0.25, -0.2) is 14.6 Å². The van der Waals surface area contributed by atoms with Gasteiger partial charge in [0.25, 0.3) is 5.91 Å². The topological polar surface area (TPSA) is 76.4 Å². The van der Waals surface area contributed by atoms with Crippen molar-refractivity contribution >= 4 is 22.8 Å². The normalized spacial score (nSPS) is 14.1. The van der Waals surface area contributed by atoms with E-state index in [4.69, 9.17) is 19.8 Å². The van der Waals surface area contributed by atoms with Gasteiger partial charge in [0.1, 0.15) is 17.4 Å². The first-order valence-corrected chi connectivity index (χ1v) is 13.2. The second-order valence-electron chi connectivity index (χ2n) is 9.42. The van der Waals surface area contributed by atoms with E-state index in [9.17, 15) is 4.79 Å². The molecular weight excluding hydrogens is 464 g/mol. The Morgan fingerprint density at radius 2 is 1.70 bits per heavy atom. The van der Waals surface area contributed by atoms with E-state index in [1.54, 1.807) is 0 Å². The molecule has 8 nitrogen and oxygen atoms in total. The minimum atomic E-state index is 0.00949. The van der Waals surface area contributed by atoms with Crippen LogP contribution >= 0.6 is 0 Å². The molecule has 2 aromatic carbocycles. The average Bonchev–Trinajstić information content (AvgIpc) is 3.10. The van der Waals surface area contributed by atoms with E-state index in [1.807, 2.05) is 77.2 Å². The lowest BCUT2D eigenvalue weighted by Gasteiger charge is -2.24. The minimum Gasteiger partial charge on any atom is -0.484 e. The molecule has 37 heavy (non-hydrogen) atoms. The van der Waals surface area contributed by atoms with Crippen molar-refractivity contribution in [1.82, 2.24) is 24.6 Å². The molecule has 2 aromatic heterocycles. The summed E-state index contributed by atoms with van der Waals surface area (Å²) in [6.07, 6.45) is 3.80. The molecular formula is C29H34N6O2. The van der Waals surface area contributed by atoms with Crippen LogP contribution in [-0.4, -0.2) is 63.3 Å². The lowest BCUT2D eigenvalue weighted by atomic mass is 10.2. The number of aryl methyl sites for hydroxylation is 2. The summed E-state index contributed by atoms with van der Waals surface area (Å²) in [5.74, 6) is 2.48. The molecule has 0 aliphatic carbocycles. The van der Waals surface area contributed by atoms with Crippen LogP contribution in [0.3, 0.4) is 0 Å². The number of rotatable bonds is 8. The fourth-order valence-corrected chi connectivity index (χ4v) is 4.76. The van der Waals surface area contributed by atoms with E-state index in [1.165, 1.54) is 0 Å². The molecule has 1 amide bonds. The minimum absolute atomic E-state index is 0.00949. The maximum Gasteiger partial charge on any atom is 0.260 e. The number of hydrogen-bond acceptors (Lipinski definition) is 6. The van der Waals surface area contributed by atoms with E-state index in [0.717, 1.165) is 66.3 Å². The van der Waals surface area contributed by atoms with Crippen LogP contribution in [0.5, 0.6) is 5.75 Å². The number of hydrogen-bond donors (Lipinski definition) is 0. The molecule has 1 aliphatic rings. The molecule has 1 fully saturated rings. The number of benzene rings is 2. The predicted molar refractivity (Wildman–Crippen MR) is 145 cm³/mol. The highest BCUT2D eigenvalue weighted by Crippen LogP contribution is 2.30. The molecule has 3 heterocycles. The van der Waals surface area contributed by atoms with Crippen LogP contribution in [-0.2, 0) is 11.2 Å². The van der Waals surface area contributed by atoms with E-state index in [-0.39, 0.29) is 12.5 Å². The van der Waals surface area contributed by atoms with E-state index >= 15 is 0 Å². The van der Waals surface area contributed by atoms with Gasteiger partial charge in [0.05, 0.1) is 16.8 Å². The Kier molecular flexibility index (Phi) is 7.63. The smallest absolute Gasteiger partial charge is 0.260 e. The fraction of sp³-hybridized carbons (Fsp3) is 0.379. The van der Waals surface area contributed by atoms with Gasteiger partial charge in [-0.15, -0.1) is 0 Å². The molecule has 0 saturated carbocycles. The number of para-hydroxylation sites is 2. The Bertz CT molecular complexity index is 1340. The van der Waals surface area contributed by atoms with E-state index < -0.39 is 0 Å². The summed E-state index contributed by atoms with van der Waals surface area (Å²) >= 11 is 0. The zero-order valence-electron chi connectivity index (χ0n) is 21.6. The number of nitrogens with zero attached hydrogens (tertiary/aromatic N) is 6. The van der Waals surface area contributed by atoms with E-state index in [0.29, 0.717) is 25.4 Å². The maximum atomic E-state index is 12.9. The first-order valence-electron chi connectivity index (χ1n) is 13.2. The van der Waals surface area contributed by atoms with Crippen molar-refractivity contribution in [2.24, 2.45) is 0 Å². The quantitative estimate of drug-likeness (QED) is 0.354. The van der Waals surface area contributed by atoms with Crippen molar-refractivity contribution < 1.29 is 9.53 Å². The molecule has 1 aliphatic heterocycles. The highest BCUT2D eigenvalue weighted by Gasteiger charge is 2.25. The molecule has 0 unspecified atom stereocenters. The van der Waals surface area contributed by atoms with Gasteiger partial charge in [-0.3, -0.25) is 4.79 Å². The zero-order chi connectivity index (χ0) is 25.6. The average molecular weight is 499 g/mol. The fourth-order valence-electron chi connectivity index (χ4n) is 4.76. The van der Waals surface area contributed by atoms with Crippen LogP contribution in [0.2, 0.25) is 0 Å². The van der Waals surface area contributed by atoms with Gasteiger partial charge in [0.15, 0.2) is 12.3 Å². The molecule has 0 spiro atoms. The van der Waals surface area contributed by atoms with Crippen molar-refractivity contribution in [2.75, 3.05) is 37.7 Å². The molecule has 192 valence electrons. The molecule has 0 bridgehead atoms. The number of anilines is 1. The molecule has 8 heteroatoms. The second kappa shape index (κ2) is 11.4. The molecule has 0 radical (unpaired) electrons. The first kappa shape index (κ1) is 24.7. The molecule has 4 aromatic rings. The van der Waals surface area contributed by atoms with Crippen molar-refractivity contribution in [3.05, 3.63) is 72.2 Å². The van der Waals surface area contributed by atoms with Gasteiger partial charge >= 0.3 is 0 Å². The van der Waals surface area contributed by atoms with Gasteiger partial charge in [0, 0.05) is 32.6 Å². The van der Waals surface area contributed by atoms with Crippen molar-refractivity contribution in [3.63, 3.8) is 0 Å². The van der Waals surface area contributed by atoms with Crippen LogP contribution < -0.4 is 9.64 Å². The Labute approximate surface area is 217 Å². The summed E-state index contributed by atoms with van der Waals surface area (Å²) in [6.45, 7) is 7.09. The number of carbonyl (C=O) groups excluding carboxylic acids is 1. The Balaban J connectivity index is 1.40. The largest absolute Gasteiger partial charge is 0.484 e. The van der Waals surface area contributed by atoms with Crippen LogP contribution in [0.4, 0.5) is 5.82 Å². The van der Waals surface area contributed by atoms with Gasteiger partial charge < -0.3 is 14.5 Å². The third-order valence-electron chi connectivity index (χ3n) is 6.74. The summed E-state index contributed by atoms with van der Waals surface area (Å²) < 4.78 is 7.64. The van der Waals surface area contributed by atoms with Crippen LogP contribution in [0, 0.1) is 6.92 Å². The standard InChI is InChI=1S/C29H34N6O2/c1-3-4-16-25-30-28(27-22(2)32-35(29(27)31-25)23-12-7-5-8-13-23)34-18-11-17-33(19-20-34)26(36)21-37-24-14-9-6-10-15-24/h5-10,12-15H,3-4,11,16-21H2,1-2H3. The number of fused-ring (bicyclic) bond motifs is 1. The number of unbranched alkanes of at least 4 members (excludes halogenated alkanes) is 1. The Morgan fingerprint density at radius 3 is 2.46 bits per heavy atom. The highest BCUT2D eigenvalue weighted by atomic mass is 16.5. The number of ether oxygens (including phenoxy) is 1. The van der Waals surface area contributed by atoms with Gasteiger partial charge in [-0.05, 0) is 44.0 Å². The van der Waals surface area contributed by atoms with Gasteiger partial charge in [-0.1, -0.05) is 49.7 Å². The summed E-state index contributed by atoms with van der Waals surface area (Å²) in [5.41, 5.74) is 2.73. The third-order valence-corrected chi connectivity index (χ3v) is 6.74. The van der Waals surface area contributed by atoms with Crippen LogP contribution in [0.25, 0.3) is 16.7 Å². The molecule has 1 saturated heterocycles. The summed E-state index contributed by atoms with van der Waals surface area (Å²) in [7, 11) is 0. The Hall–Kier alpha value is -3.94. The zero-order valence-corrected chi connectivity index (χ0v) is 21.6. The summed E-state index contributed by atoms with van der Waals surface area (Å²) in [4.78, 5) is 27.1. The number of carbonyl (C=O) groups is 1. The molecule has 5 rings (SSSR count). The van der Waals surface area contributed by atoms with Gasteiger partial charge in [0.2, 0.25) is 0 Å². The molecule has 0 N–H and O–H groups in total. The molecule has 0 atom stereocenters. The monoisotopic (exact) mass is 498 g/mol. The Morgan fingerprint density at radius 1 is 0.946 bits per heavy atom. The summed E-state index contributed by atoms with van der Waals surface area (Å²) in [6, 6.07) is 19.6. The van der Waals surface area contributed by atoms with Crippen LogP contribution in [0.1, 0.15) is 37.7 Å². The maximum absolute atomic E-state index is 12.9.